The van der Waals surface area contributed by atoms with Crippen molar-refractivity contribution in [2.75, 3.05) is 38.6 Å². The molecule has 7 heteroatoms. The molecule has 2 aliphatic heterocycles. The molecule has 0 aromatic carbocycles. The Balaban J connectivity index is 1.25. The zero-order valence-electron chi connectivity index (χ0n) is 18.2. The number of pyridine rings is 2. The van der Waals surface area contributed by atoms with Crippen molar-refractivity contribution in [3.63, 3.8) is 0 Å². The monoisotopic (exact) mass is 419 g/mol. The van der Waals surface area contributed by atoms with E-state index in [1.165, 1.54) is 5.56 Å². The topological polar surface area (TPSA) is 69.6 Å². The second-order valence-corrected chi connectivity index (χ2v) is 9.17. The third kappa shape index (κ3) is 3.66. The van der Waals surface area contributed by atoms with Gasteiger partial charge in [-0.2, -0.15) is 0 Å². The lowest BCUT2D eigenvalue weighted by molar-refractivity contribution is 0.0619. The van der Waals surface area contributed by atoms with Gasteiger partial charge in [-0.25, -0.2) is 4.98 Å². The van der Waals surface area contributed by atoms with Crippen LogP contribution in [-0.4, -0.2) is 71.4 Å². The molecule has 0 N–H and O–H groups in total. The van der Waals surface area contributed by atoms with E-state index >= 15 is 0 Å². The maximum Gasteiger partial charge on any atom is 0.272 e. The van der Waals surface area contributed by atoms with E-state index in [2.05, 4.69) is 14.9 Å². The average Bonchev–Trinajstić information content (AvgIpc) is 3.41. The second kappa shape index (κ2) is 7.94. The number of amides is 2. The maximum absolute atomic E-state index is 13.2. The van der Waals surface area contributed by atoms with Crippen molar-refractivity contribution >= 4 is 17.6 Å². The van der Waals surface area contributed by atoms with E-state index in [4.69, 9.17) is 0 Å². The van der Waals surface area contributed by atoms with Gasteiger partial charge in [0.2, 0.25) is 0 Å². The van der Waals surface area contributed by atoms with Crippen LogP contribution in [-0.2, 0) is 6.42 Å². The number of nitrogens with zero attached hydrogens (tertiary/aromatic N) is 5. The highest BCUT2D eigenvalue weighted by Crippen LogP contribution is 2.40. The van der Waals surface area contributed by atoms with Crippen LogP contribution in [0.25, 0.3) is 0 Å². The molecule has 2 amide bonds. The molecule has 1 saturated heterocycles. The predicted molar refractivity (Wildman–Crippen MR) is 118 cm³/mol. The standard InChI is InChI=1S/C24H29N5O2/c1-27-11-8-16-6-7-21(26-22(16)27)23(30)28(2)19-13-17-9-12-29(15-18(17)14-19)24(31)20-5-3-4-10-25-20/h3-7,10,17-19H,8-9,11-15H2,1-2H3/t17-,18-,19+/m1/s1. The molecule has 2 aromatic heterocycles. The number of piperidine rings is 1. The summed E-state index contributed by atoms with van der Waals surface area (Å²) >= 11 is 0. The van der Waals surface area contributed by atoms with Crippen LogP contribution in [0.15, 0.2) is 36.5 Å². The van der Waals surface area contributed by atoms with E-state index in [0.717, 1.165) is 51.1 Å². The fourth-order valence-corrected chi connectivity index (χ4v) is 5.47. The number of carbonyl (C=O) groups excluding carboxylic acids is 2. The summed E-state index contributed by atoms with van der Waals surface area (Å²) in [6.45, 7) is 2.47. The summed E-state index contributed by atoms with van der Waals surface area (Å²) in [5.41, 5.74) is 2.25. The lowest BCUT2D eigenvalue weighted by Crippen LogP contribution is -2.42. The Morgan fingerprint density at radius 1 is 1.06 bits per heavy atom. The number of likely N-dealkylation sites (tertiary alicyclic amines) is 1. The van der Waals surface area contributed by atoms with Gasteiger partial charge in [-0.1, -0.05) is 12.1 Å². The Labute approximate surface area is 183 Å². The highest BCUT2D eigenvalue weighted by Gasteiger charge is 2.42. The highest BCUT2D eigenvalue weighted by molar-refractivity contribution is 5.93. The van der Waals surface area contributed by atoms with Crippen molar-refractivity contribution in [3.8, 4) is 0 Å². The molecule has 0 radical (unpaired) electrons. The smallest absolute Gasteiger partial charge is 0.272 e. The molecular weight excluding hydrogens is 390 g/mol. The number of fused-ring (bicyclic) bond motifs is 2. The van der Waals surface area contributed by atoms with Crippen molar-refractivity contribution in [3.05, 3.63) is 53.5 Å². The Morgan fingerprint density at radius 2 is 1.90 bits per heavy atom. The second-order valence-electron chi connectivity index (χ2n) is 9.17. The van der Waals surface area contributed by atoms with Crippen LogP contribution in [0.5, 0.6) is 0 Å². The summed E-state index contributed by atoms with van der Waals surface area (Å²) in [5.74, 6) is 1.93. The first-order valence-electron chi connectivity index (χ1n) is 11.2. The molecule has 4 heterocycles. The van der Waals surface area contributed by atoms with Crippen molar-refractivity contribution in [2.24, 2.45) is 11.8 Å². The SMILES string of the molecule is CN1CCc2ccc(C(=O)N(C)[C@H]3C[C@H]4CCN(C(=O)c5ccccn5)C[C@H]4C3)nc21. The molecule has 5 rings (SSSR count). The first kappa shape index (κ1) is 20.0. The average molecular weight is 420 g/mol. The van der Waals surface area contributed by atoms with Gasteiger partial charge in [0.15, 0.2) is 0 Å². The minimum Gasteiger partial charge on any atom is -0.359 e. The molecule has 162 valence electrons. The predicted octanol–water partition coefficient (Wildman–Crippen LogP) is 2.48. The van der Waals surface area contributed by atoms with Crippen molar-refractivity contribution in [2.45, 2.75) is 31.7 Å². The first-order valence-corrected chi connectivity index (χ1v) is 11.2. The lowest BCUT2D eigenvalue weighted by Gasteiger charge is -2.34. The fourth-order valence-electron chi connectivity index (χ4n) is 5.47. The summed E-state index contributed by atoms with van der Waals surface area (Å²) in [4.78, 5) is 40.8. The van der Waals surface area contributed by atoms with E-state index in [0.29, 0.717) is 23.2 Å². The van der Waals surface area contributed by atoms with E-state index in [1.54, 1.807) is 12.3 Å². The molecule has 2 fully saturated rings. The minimum atomic E-state index is -0.00633. The third-order valence-electron chi connectivity index (χ3n) is 7.33. The van der Waals surface area contributed by atoms with Gasteiger partial charge in [0.25, 0.3) is 11.8 Å². The first-order chi connectivity index (χ1) is 15.0. The normalized spacial score (nSPS) is 24.6. The summed E-state index contributed by atoms with van der Waals surface area (Å²) in [6, 6.07) is 9.56. The Bertz CT molecular complexity index is 995. The van der Waals surface area contributed by atoms with Crippen molar-refractivity contribution in [1.82, 2.24) is 19.8 Å². The zero-order chi connectivity index (χ0) is 21.5. The molecule has 0 unspecified atom stereocenters. The molecular formula is C24H29N5O2. The van der Waals surface area contributed by atoms with Crippen LogP contribution >= 0.6 is 0 Å². The molecule has 1 aliphatic carbocycles. The van der Waals surface area contributed by atoms with Crippen molar-refractivity contribution in [1.29, 1.82) is 0 Å². The largest absolute Gasteiger partial charge is 0.359 e. The number of aromatic nitrogens is 2. The van der Waals surface area contributed by atoms with E-state index in [1.807, 2.05) is 48.2 Å². The zero-order valence-corrected chi connectivity index (χ0v) is 18.2. The maximum atomic E-state index is 13.2. The molecule has 0 bridgehead atoms. The molecule has 31 heavy (non-hydrogen) atoms. The molecule has 7 nitrogen and oxygen atoms in total. The highest BCUT2D eigenvalue weighted by atomic mass is 16.2. The van der Waals surface area contributed by atoms with Gasteiger partial charge in [0, 0.05) is 46.0 Å². The lowest BCUT2D eigenvalue weighted by atomic mass is 9.88. The van der Waals surface area contributed by atoms with Gasteiger partial charge in [-0.05, 0) is 61.3 Å². The minimum absolute atomic E-state index is 0.00633. The van der Waals surface area contributed by atoms with E-state index in [-0.39, 0.29) is 17.9 Å². The van der Waals surface area contributed by atoms with E-state index < -0.39 is 0 Å². The summed E-state index contributed by atoms with van der Waals surface area (Å²) < 4.78 is 0. The van der Waals surface area contributed by atoms with Gasteiger partial charge >= 0.3 is 0 Å². The van der Waals surface area contributed by atoms with Crippen LogP contribution in [0.1, 0.15) is 45.8 Å². The van der Waals surface area contributed by atoms with Gasteiger partial charge in [-0.15, -0.1) is 0 Å². The fraction of sp³-hybridized carbons (Fsp3) is 0.500. The molecule has 3 aliphatic rings. The van der Waals surface area contributed by atoms with Gasteiger partial charge in [0.05, 0.1) is 0 Å². The Morgan fingerprint density at radius 3 is 2.71 bits per heavy atom. The van der Waals surface area contributed by atoms with Gasteiger partial charge in [-0.3, -0.25) is 14.6 Å². The van der Waals surface area contributed by atoms with Crippen molar-refractivity contribution < 1.29 is 9.59 Å². The Hall–Kier alpha value is -2.96. The van der Waals surface area contributed by atoms with Crippen LogP contribution in [0.3, 0.4) is 0 Å². The number of anilines is 1. The molecule has 0 spiro atoms. The number of rotatable bonds is 3. The number of hydrogen-bond donors (Lipinski definition) is 0. The van der Waals surface area contributed by atoms with E-state index in [9.17, 15) is 9.59 Å². The van der Waals surface area contributed by atoms with Gasteiger partial charge in [0.1, 0.15) is 17.2 Å². The quantitative estimate of drug-likeness (QED) is 0.765. The summed E-state index contributed by atoms with van der Waals surface area (Å²) in [7, 11) is 3.93. The summed E-state index contributed by atoms with van der Waals surface area (Å²) in [6.07, 6.45) is 5.58. The Kier molecular flexibility index (Phi) is 5.12. The molecule has 3 atom stereocenters. The number of hydrogen-bond acceptors (Lipinski definition) is 5. The number of likely N-dealkylation sites (N-methyl/N-ethyl adjacent to an activating group) is 1. The van der Waals surface area contributed by atoms with Crippen LogP contribution in [0.2, 0.25) is 0 Å². The molecule has 2 aromatic rings. The van der Waals surface area contributed by atoms with Gasteiger partial charge < -0.3 is 14.7 Å². The van der Waals surface area contributed by atoms with Crippen LogP contribution in [0, 0.1) is 11.8 Å². The van der Waals surface area contributed by atoms with Crippen LogP contribution in [0.4, 0.5) is 5.82 Å². The summed E-state index contributed by atoms with van der Waals surface area (Å²) in [5, 5.41) is 0. The molecule has 1 saturated carbocycles. The number of carbonyl (C=O) groups is 2. The third-order valence-corrected chi connectivity index (χ3v) is 7.33. The van der Waals surface area contributed by atoms with Crippen LogP contribution < -0.4 is 4.90 Å².